The van der Waals surface area contributed by atoms with Crippen molar-refractivity contribution in [1.29, 1.82) is 0 Å². The van der Waals surface area contributed by atoms with E-state index in [9.17, 15) is 13.2 Å². The second-order valence-electron chi connectivity index (χ2n) is 6.87. The van der Waals surface area contributed by atoms with Gasteiger partial charge in [-0.15, -0.1) is 0 Å². The molecule has 4 aliphatic carbocycles. The van der Waals surface area contributed by atoms with Crippen LogP contribution in [0.15, 0.2) is 24.3 Å². The van der Waals surface area contributed by atoms with E-state index in [1.165, 1.54) is 0 Å². The van der Waals surface area contributed by atoms with Gasteiger partial charge in [-0.2, -0.15) is 0 Å². The summed E-state index contributed by atoms with van der Waals surface area (Å²) in [6.45, 7) is 0. The lowest BCUT2D eigenvalue weighted by atomic mass is 9.77. The Balaban J connectivity index is 1.72. The van der Waals surface area contributed by atoms with Crippen LogP contribution in [0.25, 0.3) is 0 Å². The van der Waals surface area contributed by atoms with Gasteiger partial charge in [0.25, 0.3) is 0 Å². The predicted octanol–water partition coefficient (Wildman–Crippen LogP) is 1.37. The van der Waals surface area contributed by atoms with Gasteiger partial charge in [0.1, 0.15) is 5.78 Å². The highest BCUT2D eigenvalue weighted by Gasteiger charge is 2.67. The van der Waals surface area contributed by atoms with E-state index >= 15 is 0 Å². The molecule has 8 atom stereocenters. The normalized spacial score (nSPS) is 58.6. The van der Waals surface area contributed by atoms with Crippen molar-refractivity contribution < 1.29 is 13.2 Å². The van der Waals surface area contributed by atoms with Crippen LogP contribution in [0.4, 0.5) is 0 Å². The number of carbonyl (C=O) groups excluding carboxylic acids is 1. The number of allylic oxidation sites excluding steroid dienone is 4. The maximum atomic E-state index is 13.0. The van der Waals surface area contributed by atoms with Crippen LogP contribution in [0.2, 0.25) is 0 Å². The van der Waals surface area contributed by atoms with Crippen molar-refractivity contribution in [3.63, 3.8) is 0 Å². The van der Waals surface area contributed by atoms with Gasteiger partial charge in [0.05, 0.1) is 10.5 Å². The zero-order chi connectivity index (χ0) is 12.9. The van der Waals surface area contributed by atoms with Crippen LogP contribution in [0, 0.1) is 35.5 Å². The van der Waals surface area contributed by atoms with Crippen LogP contribution in [-0.2, 0) is 14.6 Å². The van der Waals surface area contributed by atoms with E-state index in [0.717, 1.165) is 12.8 Å². The molecule has 0 N–H and O–H groups in total. The van der Waals surface area contributed by atoms with E-state index in [0.29, 0.717) is 0 Å². The minimum Gasteiger partial charge on any atom is -0.299 e. The van der Waals surface area contributed by atoms with E-state index < -0.39 is 20.3 Å². The highest BCUT2D eigenvalue weighted by Crippen LogP contribution is 2.59. The second-order valence-corrected chi connectivity index (χ2v) is 9.14. The van der Waals surface area contributed by atoms with Crippen molar-refractivity contribution in [1.82, 2.24) is 0 Å². The maximum Gasteiger partial charge on any atom is 0.158 e. The minimum atomic E-state index is -3.16. The molecule has 100 valence electrons. The molecule has 1 saturated heterocycles. The standard InChI is InChI=1S/C15H16O3S/c16-13-11-7-1-3-9(5-7)14(11)19(17,18)15-10-4-2-8(6-10)12(13)15/h1-4,7-12,14-15H,5-6H2/t7-,8-,9-,10-,11-,12-,14-,15+/m0/s1. The first-order valence-corrected chi connectivity index (χ1v) is 8.83. The lowest BCUT2D eigenvalue weighted by Gasteiger charge is -2.41. The Hall–Kier alpha value is -0.900. The van der Waals surface area contributed by atoms with Gasteiger partial charge in [-0.25, -0.2) is 8.42 Å². The van der Waals surface area contributed by atoms with Crippen molar-refractivity contribution in [2.75, 3.05) is 0 Å². The first kappa shape index (κ1) is 10.8. The van der Waals surface area contributed by atoms with Crippen LogP contribution in [0.1, 0.15) is 12.8 Å². The van der Waals surface area contributed by atoms with Crippen LogP contribution < -0.4 is 0 Å². The molecule has 5 rings (SSSR count). The smallest absolute Gasteiger partial charge is 0.158 e. The molecule has 4 heteroatoms. The van der Waals surface area contributed by atoms with Gasteiger partial charge in [-0.05, 0) is 36.5 Å². The molecule has 1 heterocycles. The summed E-state index contributed by atoms with van der Waals surface area (Å²) in [4.78, 5) is 12.8. The van der Waals surface area contributed by atoms with E-state index in [2.05, 4.69) is 12.2 Å². The summed E-state index contributed by atoms with van der Waals surface area (Å²) in [7, 11) is -3.16. The third-order valence-corrected chi connectivity index (χ3v) is 8.99. The van der Waals surface area contributed by atoms with Crippen molar-refractivity contribution in [2.45, 2.75) is 23.3 Å². The third-order valence-electron chi connectivity index (χ3n) is 6.19. The van der Waals surface area contributed by atoms with Gasteiger partial charge in [-0.1, -0.05) is 24.3 Å². The van der Waals surface area contributed by atoms with Crippen LogP contribution in [-0.4, -0.2) is 24.7 Å². The van der Waals surface area contributed by atoms with Gasteiger partial charge in [0.2, 0.25) is 0 Å². The van der Waals surface area contributed by atoms with E-state index in [4.69, 9.17) is 0 Å². The molecular weight excluding hydrogens is 260 g/mol. The molecule has 4 bridgehead atoms. The molecule has 1 aliphatic heterocycles. The van der Waals surface area contributed by atoms with Crippen molar-refractivity contribution >= 4 is 15.6 Å². The summed E-state index contributed by atoms with van der Waals surface area (Å²) in [6, 6.07) is 0. The Morgan fingerprint density at radius 1 is 0.789 bits per heavy atom. The highest BCUT2D eigenvalue weighted by molar-refractivity contribution is 7.92. The average Bonchev–Trinajstić information content (AvgIpc) is 3.11. The highest BCUT2D eigenvalue weighted by atomic mass is 32.2. The summed E-state index contributed by atoms with van der Waals surface area (Å²) in [5.41, 5.74) is 0. The number of ketones is 1. The Morgan fingerprint density at radius 2 is 1.21 bits per heavy atom. The lowest BCUT2D eigenvalue weighted by molar-refractivity contribution is -0.128. The van der Waals surface area contributed by atoms with E-state index in [1.54, 1.807) is 0 Å². The number of fused-ring (bicyclic) bond motifs is 10. The molecule has 0 unspecified atom stereocenters. The summed E-state index contributed by atoms with van der Waals surface area (Å²) in [5, 5.41) is -0.798. The fourth-order valence-electron chi connectivity index (χ4n) is 5.60. The molecule has 0 radical (unpaired) electrons. The summed E-state index contributed by atoms with van der Waals surface area (Å²) >= 11 is 0. The van der Waals surface area contributed by atoms with Gasteiger partial charge in [0, 0.05) is 11.8 Å². The molecule has 0 aromatic carbocycles. The molecular formula is C15H16O3S. The van der Waals surface area contributed by atoms with Crippen LogP contribution >= 0.6 is 0 Å². The number of sulfone groups is 1. The van der Waals surface area contributed by atoms with Crippen LogP contribution in [0.3, 0.4) is 0 Å². The topological polar surface area (TPSA) is 51.2 Å². The van der Waals surface area contributed by atoms with Gasteiger partial charge in [-0.3, -0.25) is 4.79 Å². The zero-order valence-corrected chi connectivity index (χ0v) is 11.3. The quantitative estimate of drug-likeness (QED) is 0.628. The summed E-state index contributed by atoms with van der Waals surface area (Å²) in [6.07, 6.45) is 10.0. The lowest BCUT2D eigenvalue weighted by Crippen LogP contribution is -2.55. The SMILES string of the molecule is O=C1[C@H]2[C@H]([C@H]3C=C[C@H]2C3)S(=O)(=O)[C@H]2[C@H]1[C@H]1C=C[C@H]2C1. The maximum absolute atomic E-state index is 13.0. The Kier molecular flexibility index (Phi) is 1.74. The average molecular weight is 276 g/mol. The van der Waals surface area contributed by atoms with Gasteiger partial charge < -0.3 is 0 Å². The van der Waals surface area contributed by atoms with E-state index in [-0.39, 0.29) is 41.3 Å². The number of Topliss-reactive ketones (excluding diaryl/α,β-unsaturated/α-hetero) is 1. The van der Waals surface area contributed by atoms with Gasteiger partial charge in [0.15, 0.2) is 9.84 Å². The van der Waals surface area contributed by atoms with Crippen molar-refractivity contribution in [2.24, 2.45) is 35.5 Å². The molecule has 0 aromatic heterocycles. The largest absolute Gasteiger partial charge is 0.299 e. The monoisotopic (exact) mass is 276 g/mol. The van der Waals surface area contributed by atoms with E-state index in [1.807, 2.05) is 12.2 Å². The number of carbonyl (C=O) groups is 1. The zero-order valence-electron chi connectivity index (χ0n) is 10.5. The number of hydrogen-bond donors (Lipinski definition) is 0. The molecule has 0 spiro atoms. The first-order valence-electron chi connectivity index (χ1n) is 7.22. The first-order chi connectivity index (χ1) is 9.09. The molecule has 0 amide bonds. The van der Waals surface area contributed by atoms with Crippen molar-refractivity contribution in [3.05, 3.63) is 24.3 Å². The molecule has 19 heavy (non-hydrogen) atoms. The number of hydrogen-bond acceptors (Lipinski definition) is 3. The third kappa shape index (κ3) is 1.04. The molecule has 3 nitrogen and oxygen atoms in total. The summed E-state index contributed by atoms with van der Waals surface area (Å²) < 4.78 is 26.0. The molecule has 3 fully saturated rings. The summed E-state index contributed by atoms with van der Waals surface area (Å²) in [5.74, 6) is 0.408. The fraction of sp³-hybridized carbons (Fsp3) is 0.667. The van der Waals surface area contributed by atoms with Crippen molar-refractivity contribution in [3.8, 4) is 0 Å². The van der Waals surface area contributed by atoms with Crippen LogP contribution in [0.5, 0.6) is 0 Å². The fourth-order valence-corrected chi connectivity index (χ4v) is 8.83. The molecule has 5 aliphatic rings. The molecule has 0 aromatic rings. The second kappa shape index (κ2) is 3.05. The Labute approximate surface area is 112 Å². The number of rotatable bonds is 0. The van der Waals surface area contributed by atoms with Gasteiger partial charge >= 0.3 is 0 Å². The minimum absolute atomic E-state index is 0.105. The Bertz CT molecular complexity index is 596. The molecule has 2 saturated carbocycles. The predicted molar refractivity (Wildman–Crippen MR) is 70.0 cm³/mol. The Morgan fingerprint density at radius 3 is 1.68 bits per heavy atom.